The van der Waals surface area contributed by atoms with Gasteiger partial charge in [0.05, 0.1) is 9.82 Å². The summed E-state index contributed by atoms with van der Waals surface area (Å²) in [7, 11) is -3.78. The highest BCUT2D eigenvalue weighted by Crippen LogP contribution is 2.24. The molecule has 7 nitrogen and oxygen atoms in total. The van der Waals surface area contributed by atoms with Crippen molar-refractivity contribution in [2.75, 3.05) is 22.7 Å². The zero-order valence-electron chi connectivity index (χ0n) is 13.6. The van der Waals surface area contributed by atoms with Crippen molar-refractivity contribution in [3.8, 4) is 0 Å². The molecule has 2 aromatic rings. The predicted octanol–water partition coefficient (Wildman–Crippen LogP) is 3.39. The molecule has 1 N–H and O–H groups in total. The summed E-state index contributed by atoms with van der Waals surface area (Å²) in [4.78, 5) is 12.4. The van der Waals surface area contributed by atoms with Crippen LogP contribution in [0.15, 0.2) is 53.4 Å². The fraction of sp³-hybridized carbons (Fsp3) is 0.294. The predicted molar refractivity (Wildman–Crippen MR) is 96.4 cm³/mol. The van der Waals surface area contributed by atoms with E-state index in [9.17, 15) is 18.5 Å². The topological polar surface area (TPSA) is 92.5 Å². The first-order chi connectivity index (χ1) is 12.0. The third-order valence-electron chi connectivity index (χ3n) is 4.20. The van der Waals surface area contributed by atoms with Gasteiger partial charge in [0.15, 0.2) is 0 Å². The Morgan fingerprint density at radius 2 is 1.52 bits per heavy atom. The van der Waals surface area contributed by atoms with Gasteiger partial charge in [-0.2, -0.15) is 0 Å². The van der Waals surface area contributed by atoms with Crippen LogP contribution in [0, 0.1) is 10.1 Å². The zero-order chi connectivity index (χ0) is 17.9. The van der Waals surface area contributed by atoms with E-state index in [1.165, 1.54) is 43.5 Å². The molecule has 0 unspecified atom stereocenters. The molecule has 0 spiro atoms. The Labute approximate surface area is 146 Å². The number of hydrogen-bond donors (Lipinski definition) is 1. The number of benzene rings is 2. The van der Waals surface area contributed by atoms with Gasteiger partial charge >= 0.3 is 0 Å². The minimum absolute atomic E-state index is 0.0155. The number of nitrogens with zero attached hydrogens (tertiary/aromatic N) is 2. The highest BCUT2D eigenvalue weighted by atomic mass is 32.2. The Morgan fingerprint density at radius 3 is 2.08 bits per heavy atom. The number of rotatable bonds is 5. The van der Waals surface area contributed by atoms with Crippen LogP contribution in [-0.4, -0.2) is 26.4 Å². The minimum Gasteiger partial charge on any atom is -0.372 e. The largest absolute Gasteiger partial charge is 0.372 e. The monoisotopic (exact) mass is 361 g/mol. The number of piperidine rings is 1. The lowest BCUT2D eigenvalue weighted by Gasteiger charge is -2.28. The summed E-state index contributed by atoms with van der Waals surface area (Å²) >= 11 is 0. The third kappa shape index (κ3) is 4.08. The van der Waals surface area contributed by atoms with Crippen molar-refractivity contribution in [1.29, 1.82) is 0 Å². The van der Waals surface area contributed by atoms with Gasteiger partial charge in [0, 0.05) is 36.6 Å². The molecule has 0 saturated carbocycles. The number of nitro benzene ring substituents is 1. The fourth-order valence-electron chi connectivity index (χ4n) is 2.85. The molecule has 0 bridgehead atoms. The highest BCUT2D eigenvalue weighted by molar-refractivity contribution is 7.92. The average molecular weight is 361 g/mol. The van der Waals surface area contributed by atoms with E-state index in [0.29, 0.717) is 5.69 Å². The van der Waals surface area contributed by atoms with Crippen LogP contribution in [-0.2, 0) is 10.0 Å². The SMILES string of the molecule is O=[N+]([O-])c1ccc(S(=O)(=O)Nc2ccc(N3CCCCC3)cc2)cc1. The van der Waals surface area contributed by atoms with E-state index < -0.39 is 14.9 Å². The van der Waals surface area contributed by atoms with Crippen LogP contribution in [0.1, 0.15) is 19.3 Å². The third-order valence-corrected chi connectivity index (χ3v) is 5.60. The van der Waals surface area contributed by atoms with E-state index in [-0.39, 0.29) is 10.6 Å². The Morgan fingerprint density at radius 1 is 0.920 bits per heavy atom. The molecule has 0 aromatic heterocycles. The molecule has 0 aliphatic carbocycles. The van der Waals surface area contributed by atoms with Gasteiger partial charge in [0.25, 0.3) is 15.7 Å². The number of sulfonamides is 1. The lowest BCUT2D eigenvalue weighted by atomic mass is 10.1. The molecule has 132 valence electrons. The molecule has 1 saturated heterocycles. The van der Waals surface area contributed by atoms with Crippen LogP contribution < -0.4 is 9.62 Å². The average Bonchev–Trinajstić information content (AvgIpc) is 2.63. The van der Waals surface area contributed by atoms with Gasteiger partial charge < -0.3 is 4.90 Å². The Hall–Kier alpha value is -2.61. The van der Waals surface area contributed by atoms with Gasteiger partial charge in [-0.15, -0.1) is 0 Å². The lowest BCUT2D eigenvalue weighted by molar-refractivity contribution is -0.384. The maximum Gasteiger partial charge on any atom is 0.269 e. The van der Waals surface area contributed by atoms with E-state index in [4.69, 9.17) is 0 Å². The quantitative estimate of drug-likeness (QED) is 0.651. The second-order valence-electron chi connectivity index (χ2n) is 5.95. The van der Waals surface area contributed by atoms with E-state index in [2.05, 4.69) is 9.62 Å². The van der Waals surface area contributed by atoms with Crippen LogP contribution in [0.25, 0.3) is 0 Å². The van der Waals surface area contributed by atoms with Crippen molar-refractivity contribution in [3.05, 3.63) is 58.6 Å². The molecule has 1 aliphatic heterocycles. The van der Waals surface area contributed by atoms with Gasteiger partial charge in [0.1, 0.15) is 0 Å². The summed E-state index contributed by atoms with van der Waals surface area (Å²) in [5.74, 6) is 0. The molecule has 2 aromatic carbocycles. The first-order valence-corrected chi connectivity index (χ1v) is 9.56. The highest BCUT2D eigenvalue weighted by Gasteiger charge is 2.16. The first kappa shape index (κ1) is 17.2. The molecule has 0 radical (unpaired) electrons. The molecule has 1 aliphatic rings. The molecular formula is C17H19N3O4S. The Balaban J connectivity index is 1.73. The maximum atomic E-state index is 12.4. The first-order valence-electron chi connectivity index (χ1n) is 8.08. The molecular weight excluding hydrogens is 342 g/mol. The van der Waals surface area contributed by atoms with Crippen molar-refractivity contribution < 1.29 is 13.3 Å². The van der Waals surface area contributed by atoms with Gasteiger partial charge in [-0.3, -0.25) is 14.8 Å². The Kier molecular flexibility index (Phi) is 4.89. The van der Waals surface area contributed by atoms with Gasteiger partial charge in [-0.25, -0.2) is 8.42 Å². The van der Waals surface area contributed by atoms with Gasteiger partial charge in [0.2, 0.25) is 0 Å². The number of nitrogens with one attached hydrogen (secondary N) is 1. The normalized spacial score (nSPS) is 15.0. The van der Waals surface area contributed by atoms with Gasteiger partial charge in [-0.1, -0.05) is 0 Å². The number of non-ortho nitro benzene ring substituents is 1. The van der Waals surface area contributed by atoms with Crippen LogP contribution >= 0.6 is 0 Å². The van der Waals surface area contributed by atoms with Crippen LogP contribution in [0.2, 0.25) is 0 Å². The second kappa shape index (κ2) is 7.10. The molecule has 3 rings (SSSR count). The van der Waals surface area contributed by atoms with Crippen molar-refractivity contribution in [2.45, 2.75) is 24.2 Å². The van der Waals surface area contributed by atoms with E-state index >= 15 is 0 Å². The number of hydrogen-bond acceptors (Lipinski definition) is 5. The van der Waals surface area contributed by atoms with E-state index in [0.717, 1.165) is 18.8 Å². The molecule has 0 amide bonds. The zero-order valence-corrected chi connectivity index (χ0v) is 14.4. The second-order valence-corrected chi connectivity index (χ2v) is 7.63. The number of anilines is 2. The summed E-state index contributed by atoms with van der Waals surface area (Å²) in [6.07, 6.45) is 3.60. The molecule has 1 heterocycles. The molecule has 25 heavy (non-hydrogen) atoms. The maximum absolute atomic E-state index is 12.4. The smallest absolute Gasteiger partial charge is 0.269 e. The summed E-state index contributed by atoms with van der Waals surface area (Å²) in [6, 6.07) is 12.1. The van der Waals surface area contributed by atoms with Crippen molar-refractivity contribution in [2.24, 2.45) is 0 Å². The summed E-state index contributed by atoms with van der Waals surface area (Å²) in [6.45, 7) is 2.04. The summed E-state index contributed by atoms with van der Waals surface area (Å²) < 4.78 is 27.3. The summed E-state index contributed by atoms with van der Waals surface area (Å²) in [5.41, 5.74) is 1.39. The van der Waals surface area contributed by atoms with Gasteiger partial charge in [-0.05, 0) is 55.7 Å². The van der Waals surface area contributed by atoms with Crippen molar-refractivity contribution >= 4 is 27.1 Å². The minimum atomic E-state index is -3.78. The molecule has 8 heteroatoms. The van der Waals surface area contributed by atoms with E-state index in [1.54, 1.807) is 12.1 Å². The molecule has 1 fully saturated rings. The Bertz CT molecular complexity index is 842. The number of nitro groups is 1. The molecule has 0 atom stereocenters. The van der Waals surface area contributed by atoms with Crippen molar-refractivity contribution in [3.63, 3.8) is 0 Å². The van der Waals surface area contributed by atoms with Crippen LogP contribution in [0.4, 0.5) is 17.1 Å². The van der Waals surface area contributed by atoms with Crippen molar-refractivity contribution in [1.82, 2.24) is 0 Å². The standard InChI is InChI=1S/C17H19N3O4S/c21-20(22)16-8-10-17(11-9-16)25(23,24)18-14-4-6-15(7-5-14)19-12-2-1-3-13-19/h4-11,18H,1-3,12-13H2. The fourth-order valence-corrected chi connectivity index (χ4v) is 3.91. The van der Waals surface area contributed by atoms with Crippen LogP contribution in [0.3, 0.4) is 0 Å². The van der Waals surface area contributed by atoms with Crippen LogP contribution in [0.5, 0.6) is 0 Å². The van der Waals surface area contributed by atoms with E-state index in [1.807, 2.05) is 12.1 Å². The summed E-state index contributed by atoms with van der Waals surface area (Å²) in [5, 5.41) is 10.7. The lowest BCUT2D eigenvalue weighted by Crippen LogP contribution is -2.29.